The Labute approximate surface area is 164 Å². The number of carbonyl (C=O) groups excluding carboxylic acids is 1. The Morgan fingerprint density at radius 3 is 2.39 bits per heavy atom. The van der Waals surface area contributed by atoms with Gasteiger partial charge in [0.25, 0.3) is 0 Å². The van der Waals surface area contributed by atoms with Crippen molar-refractivity contribution < 1.29 is 18.7 Å². The number of anilines is 1. The zero-order valence-electron chi connectivity index (χ0n) is 15.9. The zero-order chi connectivity index (χ0) is 19.3. The first-order chi connectivity index (χ1) is 13.7. The second kappa shape index (κ2) is 8.50. The Bertz CT molecular complexity index is 817. The summed E-state index contributed by atoms with van der Waals surface area (Å²) >= 11 is 0. The molecular weight excluding hydrogens is 359 g/mol. The van der Waals surface area contributed by atoms with Crippen molar-refractivity contribution in [3.8, 4) is 11.5 Å². The lowest BCUT2D eigenvalue weighted by molar-refractivity contribution is -0.131. The molecule has 28 heavy (non-hydrogen) atoms. The number of aryl methyl sites for hydroxylation is 1. The standard InChI is InChI=1S/C22H25FN2O3/c23-18-5-7-19(8-6-18)24-10-12-25(13-11-24)22(26)3-1-2-17-4-9-20-21(16-17)28-15-14-27-20/h4-9,16H,1-3,10-15H2. The normalized spacial score (nSPS) is 16.2. The molecule has 0 aliphatic carbocycles. The lowest BCUT2D eigenvalue weighted by atomic mass is 10.1. The van der Waals surface area contributed by atoms with Crippen molar-refractivity contribution in [3.63, 3.8) is 0 Å². The fourth-order valence-electron chi connectivity index (χ4n) is 3.71. The van der Waals surface area contributed by atoms with Gasteiger partial charge < -0.3 is 19.3 Å². The van der Waals surface area contributed by atoms with E-state index in [-0.39, 0.29) is 11.7 Å². The van der Waals surface area contributed by atoms with Gasteiger partial charge in [0, 0.05) is 38.3 Å². The first-order valence-corrected chi connectivity index (χ1v) is 9.86. The number of hydrogen-bond donors (Lipinski definition) is 0. The number of fused-ring (bicyclic) bond motifs is 1. The number of ether oxygens (including phenoxy) is 2. The molecule has 0 N–H and O–H groups in total. The highest BCUT2D eigenvalue weighted by Gasteiger charge is 2.21. The highest BCUT2D eigenvalue weighted by molar-refractivity contribution is 5.76. The lowest BCUT2D eigenvalue weighted by Crippen LogP contribution is -2.48. The number of amides is 1. The monoisotopic (exact) mass is 384 g/mol. The molecule has 6 heteroatoms. The third kappa shape index (κ3) is 4.38. The third-order valence-electron chi connectivity index (χ3n) is 5.29. The first kappa shape index (κ1) is 18.6. The quantitative estimate of drug-likeness (QED) is 0.794. The smallest absolute Gasteiger partial charge is 0.222 e. The lowest BCUT2D eigenvalue weighted by Gasteiger charge is -2.36. The zero-order valence-corrected chi connectivity index (χ0v) is 15.9. The summed E-state index contributed by atoms with van der Waals surface area (Å²) < 4.78 is 24.2. The molecule has 148 valence electrons. The minimum atomic E-state index is -0.226. The average Bonchev–Trinajstić information content (AvgIpc) is 2.74. The molecule has 4 rings (SSSR count). The molecule has 0 bridgehead atoms. The van der Waals surface area contributed by atoms with Gasteiger partial charge in [-0.3, -0.25) is 4.79 Å². The predicted molar refractivity (Wildman–Crippen MR) is 106 cm³/mol. The largest absolute Gasteiger partial charge is 0.486 e. The van der Waals surface area contributed by atoms with E-state index in [0.717, 1.165) is 48.7 Å². The Hall–Kier alpha value is -2.76. The highest BCUT2D eigenvalue weighted by Crippen LogP contribution is 2.31. The number of rotatable bonds is 5. The topological polar surface area (TPSA) is 42.0 Å². The molecule has 1 fully saturated rings. The van der Waals surface area contributed by atoms with E-state index < -0.39 is 0 Å². The summed E-state index contributed by atoms with van der Waals surface area (Å²) in [5.41, 5.74) is 2.17. The molecule has 2 aromatic rings. The van der Waals surface area contributed by atoms with Gasteiger partial charge in [-0.1, -0.05) is 6.07 Å². The van der Waals surface area contributed by atoms with Gasteiger partial charge in [0.15, 0.2) is 11.5 Å². The van der Waals surface area contributed by atoms with Gasteiger partial charge in [0.05, 0.1) is 0 Å². The van der Waals surface area contributed by atoms with E-state index in [1.165, 1.54) is 12.1 Å². The highest BCUT2D eigenvalue weighted by atomic mass is 19.1. The minimum absolute atomic E-state index is 0.205. The number of carbonyl (C=O) groups is 1. The van der Waals surface area contributed by atoms with Crippen molar-refractivity contribution in [1.82, 2.24) is 4.90 Å². The van der Waals surface area contributed by atoms with E-state index in [0.29, 0.717) is 32.7 Å². The Morgan fingerprint density at radius 2 is 1.64 bits per heavy atom. The molecule has 0 atom stereocenters. The van der Waals surface area contributed by atoms with Crippen LogP contribution in [0.5, 0.6) is 11.5 Å². The van der Waals surface area contributed by atoms with Crippen LogP contribution in [0.2, 0.25) is 0 Å². The molecule has 5 nitrogen and oxygen atoms in total. The van der Waals surface area contributed by atoms with Gasteiger partial charge in [-0.15, -0.1) is 0 Å². The van der Waals surface area contributed by atoms with E-state index in [2.05, 4.69) is 4.90 Å². The predicted octanol–water partition coefficient (Wildman–Crippen LogP) is 3.27. The molecule has 2 aromatic carbocycles. The third-order valence-corrected chi connectivity index (χ3v) is 5.29. The maximum Gasteiger partial charge on any atom is 0.222 e. The van der Waals surface area contributed by atoms with Crippen molar-refractivity contribution in [2.24, 2.45) is 0 Å². The van der Waals surface area contributed by atoms with Crippen molar-refractivity contribution in [1.29, 1.82) is 0 Å². The number of halogens is 1. The van der Waals surface area contributed by atoms with Crippen molar-refractivity contribution >= 4 is 11.6 Å². The van der Waals surface area contributed by atoms with E-state index >= 15 is 0 Å². The van der Waals surface area contributed by atoms with Crippen LogP contribution in [0.4, 0.5) is 10.1 Å². The van der Waals surface area contributed by atoms with Gasteiger partial charge in [0.1, 0.15) is 19.0 Å². The molecule has 1 amide bonds. The Balaban J connectivity index is 1.22. The molecule has 0 unspecified atom stereocenters. The van der Waals surface area contributed by atoms with Crippen LogP contribution in [0.3, 0.4) is 0 Å². The molecule has 0 saturated carbocycles. The van der Waals surface area contributed by atoms with E-state index in [1.807, 2.05) is 23.1 Å². The van der Waals surface area contributed by atoms with Crippen LogP contribution in [0.25, 0.3) is 0 Å². The van der Waals surface area contributed by atoms with E-state index in [1.54, 1.807) is 12.1 Å². The van der Waals surface area contributed by atoms with Crippen LogP contribution < -0.4 is 14.4 Å². The van der Waals surface area contributed by atoms with Gasteiger partial charge in [-0.2, -0.15) is 0 Å². The molecule has 1 saturated heterocycles. The fourth-order valence-corrected chi connectivity index (χ4v) is 3.71. The van der Waals surface area contributed by atoms with Crippen molar-refractivity contribution in [2.75, 3.05) is 44.3 Å². The van der Waals surface area contributed by atoms with Crippen molar-refractivity contribution in [2.45, 2.75) is 19.3 Å². The summed E-state index contributed by atoms with van der Waals surface area (Å²) in [5.74, 6) is 1.57. The first-order valence-electron chi connectivity index (χ1n) is 9.86. The molecule has 0 radical (unpaired) electrons. The summed E-state index contributed by atoms with van der Waals surface area (Å²) in [6.07, 6.45) is 2.21. The van der Waals surface area contributed by atoms with Crippen LogP contribution in [-0.2, 0) is 11.2 Å². The molecule has 0 aromatic heterocycles. The fraction of sp³-hybridized carbons (Fsp3) is 0.409. The van der Waals surface area contributed by atoms with Crippen LogP contribution in [-0.4, -0.2) is 50.2 Å². The number of piperazine rings is 1. The van der Waals surface area contributed by atoms with Gasteiger partial charge in [0.2, 0.25) is 5.91 Å². The SMILES string of the molecule is O=C(CCCc1ccc2c(c1)OCCO2)N1CCN(c2ccc(F)cc2)CC1. The molecule has 0 spiro atoms. The van der Waals surface area contributed by atoms with Gasteiger partial charge in [-0.05, 0) is 54.8 Å². The molecule has 2 aliphatic rings. The summed E-state index contributed by atoms with van der Waals surface area (Å²) in [6, 6.07) is 12.5. The minimum Gasteiger partial charge on any atom is -0.486 e. The Kier molecular flexibility index (Phi) is 5.65. The van der Waals surface area contributed by atoms with Crippen molar-refractivity contribution in [3.05, 3.63) is 53.8 Å². The molecule has 2 aliphatic heterocycles. The maximum absolute atomic E-state index is 13.1. The van der Waals surface area contributed by atoms with Crippen LogP contribution in [0, 0.1) is 5.82 Å². The number of benzene rings is 2. The van der Waals surface area contributed by atoms with Crippen LogP contribution >= 0.6 is 0 Å². The number of nitrogens with zero attached hydrogens (tertiary/aromatic N) is 2. The number of hydrogen-bond acceptors (Lipinski definition) is 4. The van der Waals surface area contributed by atoms with E-state index in [4.69, 9.17) is 9.47 Å². The summed E-state index contributed by atoms with van der Waals surface area (Å²) in [5, 5.41) is 0. The Morgan fingerprint density at radius 1 is 0.929 bits per heavy atom. The second-order valence-electron chi connectivity index (χ2n) is 7.18. The molecule has 2 heterocycles. The summed E-state index contributed by atoms with van der Waals surface area (Å²) in [4.78, 5) is 16.6. The maximum atomic E-state index is 13.1. The van der Waals surface area contributed by atoms with Crippen LogP contribution in [0.15, 0.2) is 42.5 Å². The van der Waals surface area contributed by atoms with E-state index in [9.17, 15) is 9.18 Å². The van der Waals surface area contributed by atoms with Gasteiger partial charge in [-0.25, -0.2) is 4.39 Å². The second-order valence-corrected chi connectivity index (χ2v) is 7.18. The average molecular weight is 384 g/mol. The summed E-state index contributed by atoms with van der Waals surface area (Å²) in [7, 11) is 0. The molecular formula is C22H25FN2O3. The van der Waals surface area contributed by atoms with Gasteiger partial charge >= 0.3 is 0 Å². The summed E-state index contributed by atoms with van der Waals surface area (Å²) in [6.45, 7) is 4.15. The van der Waals surface area contributed by atoms with Crippen LogP contribution in [0.1, 0.15) is 18.4 Å².